The Bertz CT molecular complexity index is 655. The minimum atomic E-state index is 0.0520. The molecule has 25 heavy (non-hydrogen) atoms. The molecular weight excluding hydrogens is 316 g/mol. The van der Waals surface area contributed by atoms with Gasteiger partial charge in [0.25, 0.3) is 5.91 Å². The molecule has 1 aromatic rings. The van der Waals surface area contributed by atoms with Crippen molar-refractivity contribution in [3.05, 3.63) is 28.3 Å². The van der Waals surface area contributed by atoms with E-state index in [0.29, 0.717) is 26.1 Å². The van der Waals surface area contributed by atoms with Crippen LogP contribution in [-0.2, 0) is 4.79 Å². The summed E-state index contributed by atoms with van der Waals surface area (Å²) in [7, 11) is 1.66. The van der Waals surface area contributed by atoms with Crippen LogP contribution < -0.4 is 4.74 Å². The summed E-state index contributed by atoms with van der Waals surface area (Å²) in [5.41, 5.74) is 3.70. The zero-order valence-corrected chi connectivity index (χ0v) is 16.1. The first-order chi connectivity index (χ1) is 11.9. The molecule has 2 amide bonds. The number of rotatable bonds is 4. The van der Waals surface area contributed by atoms with Gasteiger partial charge in [0.15, 0.2) is 0 Å². The molecular formula is C20H30N2O3. The second-order valence-corrected chi connectivity index (χ2v) is 6.80. The van der Waals surface area contributed by atoms with Crippen molar-refractivity contribution in [2.75, 3.05) is 33.3 Å². The molecule has 0 N–H and O–H groups in total. The lowest BCUT2D eigenvalue weighted by Crippen LogP contribution is -2.37. The lowest BCUT2D eigenvalue weighted by molar-refractivity contribution is -0.131. The number of aryl methyl sites for hydroxylation is 1. The maximum absolute atomic E-state index is 13.1. The number of ether oxygens (including phenoxy) is 1. The van der Waals surface area contributed by atoms with Crippen LogP contribution in [0.15, 0.2) is 6.07 Å². The van der Waals surface area contributed by atoms with E-state index in [1.807, 2.05) is 43.6 Å². The molecule has 138 valence electrons. The summed E-state index contributed by atoms with van der Waals surface area (Å²) in [4.78, 5) is 29.0. The van der Waals surface area contributed by atoms with Gasteiger partial charge in [-0.15, -0.1) is 0 Å². The van der Waals surface area contributed by atoms with Gasteiger partial charge >= 0.3 is 0 Å². The summed E-state index contributed by atoms with van der Waals surface area (Å²) in [6.07, 6.45) is 2.28. The maximum atomic E-state index is 13.1. The number of methoxy groups -OCH3 is 1. The molecule has 5 nitrogen and oxygen atoms in total. The summed E-state index contributed by atoms with van der Waals surface area (Å²) >= 11 is 0. The molecule has 0 bridgehead atoms. The number of carbonyl (C=O) groups excluding carboxylic acids is 2. The maximum Gasteiger partial charge on any atom is 0.254 e. The Morgan fingerprint density at radius 2 is 1.68 bits per heavy atom. The minimum absolute atomic E-state index is 0.0520. The van der Waals surface area contributed by atoms with E-state index in [1.54, 1.807) is 7.11 Å². The van der Waals surface area contributed by atoms with Gasteiger partial charge in [-0.05, 0) is 56.4 Å². The molecule has 1 aliphatic heterocycles. The Kier molecular flexibility index (Phi) is 6.45. The summed E-state index contributed by atoms with van der Waals surface area (Å²) in [6, 6.07) is 1.92. The SMILES string of the molecule is CCCC(=O)N1CCCN(C(=O)c2cc(C)c(OC)c(C)c2C)CC1. The molecule has 1 heterocycles. The average Bonchev–Trinajstić information content (AvgIpc) is 2.84. The molecule has 0 aromatic heterocycles. The number of hydrogen-bond donors (Lipinski definition) is 0. The highest BCUT2D eigenvalue weighted by Crippen LogP contribution is 2.29. The quantitative estimate of drug-likeness (QED) is 0.842. The fourth-order valence-electron chi connectivity index (χ4n) is 3.51. The number of amides is 2. The normalized spacial score (nSPS) is 15.1. The molecule has 0 spiro atoms. The van der Waals surface area contributed by atoms with Crippen molar-refractivity contribution >= 4 is 11.8 Å². The molecule has 0 aliphatic carbocycles. The van der Waals surface area contributed by atoms with Gasteiger partial charge in [0.2, 0.25) is 5.91 Å². The van der Waals surface area contributed by atoms with E-state index >= 15 is 0 Å². The number of carbonyl (C=O) groups is 2. The van der Waals surface area contributed by atoms with Crippen LogP contribution in [0.1, 0.15) is 53.2 Å². The smallest absolute Gasteiger partial charge is 0.254 e. The Labute approximate surface area is 150 Å². The third-order valence-electron chi connectivity index (χ3n) is 5.06. The monoisotopic (exact) mass is 346 g/mol. The van der Waals surface area contributed by atoms with Crippen molar-refractivity contribution in [3.63, 3.8) is 0 Å². The van der Waals surface area contributed by atoms with Gasteiger partial charge in [-0.1, -0.05) is 6.92 Å². The molecule has 1 saturated heterocycles. The van der Waals surface area contributed by atoms with Crippen LogP contribution in [-0.4, -0.2) is 54.9 Å². The van der Waals surface area contributed by atoms with Crippen molar-refractivity contribution in [2.45, 2.75) is 47.0 Å². The molecule has 0 unspecified atom stereocenters. The summed E-state index contributed by atoms with van der Waals surface area (Å²) in [5.74, 6) is 1.10. The van der Waals surface area contributed by atoms with Crippen LogP contribution in [0.2, 0.25) is 0 Å². The highest BCUT2D eigenvalue weighted by atomic mass is 16.5. The number of benzene rings is 1. The van der Waals surface area contributed by atoms with Crippen molar-refractivity contribution in [3.8, 4) is 5.75 Å². The predicted molar refractivity (Wildman–Crippen MR) is 99.2 cm³/mol. The molecule has 1 aromatic carbocycles. The summed E-state index contributed by atoms with van der Waals surface area (Å²) in [5, 5.41) is 0. The van der Waals surface area contributed by atoms with Crippen LogP contribution in [0.5, 0.6) is 5.75 Å². The zero-order valence-electron chi connectivity index (χ0n) is 16.1. The topological polar surface area (TPSA) is 49.9 Å². The van der Waals surface area contributed by atoms with E-state index < -0.39 is 0 Å². The van der Waals surface area contributed by atoms with E-state index in [9.17, 15) is 9.59 Å². The largest absolute Gasteiger partial charge is 0.496 e. The lowest BCUT2D eigenvalue weighted by Gasteiger charge is -2.24. The van der Waals surface area contributed by atoms with Gasteiger partial charge in [-0.25, -0.2) is 0 Å². The van der Waals surface area contributed by atoms with Crippen LogP contribution in [0, 0.1) is 20.8 Å². The van der Waals surface area contributed by atoms with Crippen LogP contribution in [0.3, 0.4) is 0 Å². The summed E-state index contributed by atoms with van der Waals surface area (Å²) in [6.45, 7) is 10.6. The Balaban J connectivity index is 2.17. The highest BCUT2D eigenvalue weighted by Gasteiger charge is 2.24. The van der Waals surface area contributed by atoms with Gasteiger partial charge in [0.05, 0.1) is 7.11 Å². The van der Waals surface area contributed by atoms with E-state index in [-0.39, 0.29) is 11.8 Å². The van der Waals surface area contributed by atoms with Gasteiger partial charge in [-0.2, -0.15) is 0 Å². The van der Waals surface area contributed by atoms with Crippen molar-refractivity contribution < 1.29 is 14.3 Å². The van der Waals surface area contributed by atoms with Gasteiger partial charge in [-0.3, -0.25) is 9.59 Å². The molecule has 2 rings (SSSR count). The first kappa shape index (κ1) is 19.3. The third-order valence-corrected chi connectivity index (χ3v) is 5.06. The molecule has 1 fully saturated rings. The fourth-order valence-corrected chi connectivity index (χ4v) is 3.51. The van der Waals surface area contributed by atoms with Crippen molar-refractivity contribution in [1.82, 2.24) is 9.80 Å². The lowest BCUT2D eigenvalue weighted by atomic mass is 9.97. The Hall–Kier alpha value is -2.04. The first-order valence-electron chi connectivity index (χ1n) is 9.12. The Morgan fingerprint density at radius 3 is 2.32 bits per heavy atom. The van der Waals surface area contributed by atoms with Crippen LogP contribution in [0.4, 0.5) is 0 Å². The van der Waals surface area contributed by atoms with Gasteiger partial charge in [0, 0.05) is 38.2 Å². The van der Waals surface area contributed by atoms with Gasteiger partial charge < -0.3 is 14.5 Å². The third kappa shape index (κ3) is 4.14. The minimum Gasteiger partial charge on any atom is -0.496 e. The van der Waals surface area contributed by atoms with Crippen molar-refractivity contribution in [2.24, 2.45) is 0 Å². The number of nitrogens with zero attached hydrogens (tertiary/aromatic N) is 2. The predicted octanol–water partition coefficient (Wildman–Crippen LogP) is 3.10. The average molecular weight is 346 g/mol. The second-order valence-electron chi connectivity index (χ2n) is 6.80. The molecule has 5 heteroatoms. The van der Waals surface area contributed by atoms with Gasteiger partial charge in [0.1, 0.15) is 5.75 Å². The highest BCUT2D eigenvalue weighted by molar-refractivity contribution is 5.96. The van der Waals surface area contributed by atoms with E-state index in [1.165, 1.54) is 0 Å². The molecule has 0 saturated carbocycles. The summed E-state index contributed by atoms with van der Waals surface area (Å²) < 4.78 is 5.45. The molecule has 0 atom stereocenters. The standard InChI is InChI=1S/C20H30N2O3/c1-6-8-18(23)21-9-7-10-22(12-11-21)20(24)17-13-14(2)19(25-5)16(4)15(17)3/h13H,6-12H2,1-5H3. The zero-order chi connectivity index (χ0) is 18.6. The van der Waals surface area contributed by atoms with Crippen LogP contribution in [0.25, 0.3) is 0 Å². The molecule has 0 radical (unpaired) electrons. The second kappa shape index (κ2) is 8.37. The Morgan fingerprint density at radius 1 is 1.04 bits per heavy atom. The van der Waals surface area contributed by atoms with E-state index in [2.05, 4.69) is 0 Å². The number of hydrogen-bond acceptors (Lipinski definition) is 3. The van der Waals surface area contributed by atoms with Crippen molar-refractivity contribution in [1.29, 1.82) is 0 Å². The molecule has 1 aliphatic rings. The van der Waals surface area contributed by atoms with E-state index in [0.717, 1.165) is 47.4 Å². The fraction of sp³-hybridized carbons (Fsp3) is 0.600. The first-order valence-corrected chi connectivity index (χ1v) is 9.12. The van der Waals surface area contributed by atoms with Crippen LogP contribution >= 0.6 is 0 Å². The van der Waals surface area contributed by atoms with E-state index in [4.69, 9.17) is 4.74 Å².